The van der Waals surface area contributed by atoms with E-state index >= 15 is 0 Å². The third-order valence-electron chi connectivity index (χ3n) is 2.30. The average molecular weight is 304 g/mol. The Morgan fingerprint density at radius 3 is 2.65 bits per heavy atom. The van der Waals surface area contributed by atoms with Crippen LogP contribution in [0.25, 0.3) is 0 Å². The monoisotopic (exact) mass is 303 g/mol. The van der Waals surface area contributed by atoms with Crippen molar-refractivity contribution in [2.24, 2.45) is 0 Å². The molecule has 0 amide bonds. The summed E-state index contributed by atoms with van der Waals surface area (Å²) in [7, 11) is 0. The molecule has 0 unspecified atom stereocenters. The molecule has 0 bridgehead atoms. The standard InChI is InChI=1S/C12H9ClF3N3O/c13-11-18-9(12(14,15)16)7-10(19-11)20-6-4-8-3-1-2-5-17-8/h1-3,5,7H,4,6H2. The summed E-state index contributed by atoms with van der Waals surface area (Å²) in [6.07, 6.45) is -2.52. The van der Waals surface area contributed by atoms with Crippen LogP contribution in [0.15, 0.2) is 30.5 Å². The summed E-state index contributed by atoms with van der Waals surface area (Å²) in [4.78, 5) is 10.8. The molecule has 2 aromatic heterocycles. The van der Waals surface area contributed by atoms with Gasteiger partial charge in [-0.15, -0.1) is 0 Å². The number of halogens is 4. The zero-order valence-electron chi connectivity index (χ0n) is 10.1. The first-order chi connectivity index (χ1) is 9.45. The summed E-state index contributed by atoms with van der Waals surface area (Å²) in [5.74, 6) is -0.215. The zero-order chi connectivity index (χ0) is 14.6. The molecule has 2 heterocycles. The Morgan fingerprint density at radius 1 is 1.20 bits per heavy atom. The van der Waals surface area contributed by atoms with Gasteiger partial charge in [0.15, 0.2) is 5.69 Å². The minimum Gasteiger partial charge on any atom is -0.477 e. The van der Waals surface area contributed by atoms with E-state index in [1.807, 2.05) is 6.07 Å². The van der Waals surface area contributed by atoms with Crippen LogP contribution in [0.1, 0.15) is 11.4 Å². The van der Waals surface area contributed by atoms with Gasteiger partial charge in [-0.1, -0.05) is 6.07 Å². The van der Waals surface area contributed by atoms with Gasteiger partial charge in [-0.2, -0.15) is 18.2 Å². The number of ether oxygens (including phenoxy) is 1. The number of hydrogen-bond donors (Lipinski definition) is 0. The van der Waals surface area contributed by atoms with Gasteiger partial charge in [0, 0.05) is 24.4 Å². The van der Waals surface area contributed by atoms with E-state index in [0.29, 0.717) is 12.5 Å². The second-order valence-corrected chi connectivity index (χ2v) is 4.12. The van der Waals surface area contributed by atoms with E-state index in [0.717, 1.165) is 5.69 Å². The van der Waals surface area contributed by atoms with Gasteiger partial charge in [0.2, 0.25) is 11.2 Å². The van der Waals surface area contributed by atoms with Crippen molar-refractivity contribution in [2.45, 2.75) is 12.6 Å². The van der Waals surface area contributed by atoms with Crippen molar-refractivity contribution < 1.29 is 17.9 Å². The highest BCUT2D eigenvalue weighted by Crippen LogP contribution is 2.30. The van der Waals surface area contributed by atoms with Gasteiger partial charge in [-0.3, -0.25) is 4.98 Å². The van der Waals surface area contributed by atoms with E-state index in [1.165, 1.54) is 0 Å². The summed E-state index contributed by atoms with van der Waals surface area (Å²) in [5, 5.41) is -0.507. The molecule has 4 nitrogen and oxygen atoms in total. The van der Waals surface area contributed by atoms with Crippen molar-refractivity contribution in [3.63, 3.8) is 0 Å². The number of hydrogen-bond acceptors (Lipinski definition) is 4. The number of pyridine rings is 1. The van der Waals surface area contributed by atoms with E-state index in [1.54, 1.807) is 18.3 Å². The second kappa shape index (κ2) is 6.04. The summed E-state index contributed by atoms with van der Waals surface area (Å²) >= 11 is 5.44. The second-order valence-electron chi connectivity index (χ2n) is 3.78. The van der Waals surface area contributed by atoms with E-state index in [2.05, 4.69) is 15.0 Å². The van der Waals surface area contributed by atoms with Gasteiger partial charge in [0.25, 0.3) is 0 Å². The zero-order valence-corrected chi connectivity index (χ0v) is 10.8. The highest BCUT2D eigenvalue weighted by molar-refractivity contribution is 6.28. The molecular formula is C12H9ClF3N3O. The molecule has 2 rings (SSSR count). The van der Waals surface area contributed by atoms with Crippen LogP contribution >= 0.6 is 11.6 Å². The lowest BCUT2D eigenvalue weighted by molar-refractivity contribution is -0.141. The minimum atomic E-state index is -4.59. The molecule has 0 aliphatic rings. The van der Waals surface area contributed by atoms with Crippen molar-refractivity contribution in [3.05, 3.63) is 47.1 Å². The Morgan fingerprint density at radius 2 is 2.00 bits per heavy atom. The van der Waals surface area contributed by atoms with Gasteiger partial charge in [0.05, 0.1) is 6.61 Å². The van der Waals surface area contributed by atoms with Crippen LogP contribution in [0.4, 0.5) is 13.2 Å². The molecule has 2 aromatic rings. The maximum Gasteiger partial charge on any atom is 0.433 e. The lowest BCUT2D eigenvalue weighted by atomic mass is 10.3. The summed E-state index contributed by atoms with van der Waals surface area (Å²) in [6.45, 7) is 0.141. The van der Waals surface area contributed by atoms with Crippen LogP contribution in [0.3, 0.4) is 0 Å². The van der Waals surface area contributed by atoms with E-state index in [9.17, 15) is 13.2 Å². The molecule has 106 valence electrons. The van der Waals surface area contributed by atoms with Crippen LogP contribution in [-0.4, -0.2) is 21.6 Å². The van der Waals surface area contributed by atoms with E-state index in [-0.39, 0.29) is 12.5 Å². The van der Waals surface area contributed by atoms with Gasteiger partial charge in [-0.05, 0) is 23.7 Å². The number of nitrogens with zero attached hydrogens (tertiary/aromatic N) is 3. The fourth-order valence-electron chi connectivity index (χ4n) is 1.42. The summed E-state index contributed by atoms with van der Waals surface area (Å²) in [6, 6.07) is 6.08. The van der Waals surface area contributed by atoms with Crippen LogP contribution in [0.2, 0.25) is 5.28 Å². The van der Waals surface area contributed by atoms with Gasteiger partial charge < -0.3 is 4.74 Å². The highest BCUT2D eigenvalue weighted by atomic mass is 35.5. The normalized spacial score (nSPS) is 11.4. The average Bonchev–Trinajstić information content (AvgIpc) is 2.38. The topological polar surface area (TPSA) is 47.9 Å². The first-order valence-corrected chi connectivity index (χ1v) is 5.97. The third kappa shape index (κ3) is 4.06. The quantitative estimate of drug-likeness (QED) is 0.814. The molecule has 0 atom stereocenters. The van der Waals surface area contributed by atoms with Crippen molar-refractivity contribution in [3.8, 4) is 5.88 Å². The molecule has 0 aliphatic heterocycles. The number of aromatic nitrogens is 3. The SMILES string of the molecule is FC(F)(F)c1cc(OCCc2ccccn2)nc(Cl)n1. The predicted molar refractivity (Wildman–Crippen MR) is 65.5 cm³/mol. The molecule has 0 aliphatic carbocycles. The fourth-order valence-corrected chi connectivity index (χ4v) is 1.60. The van der Waals surface area contributed by atoms with Crippen molar-refractivity contribution >= 4 is 11.6 Å². The van der Waals surface area contributed by atoms with Crippen LogP contribution < -0.4 is 4.74 Å². The number of alkyl halides is 3. The molecule has 8 heteroatoms. The van der Waals surface area contributed by atoms with Gasteiger partial charge in [0.1, 0.15) is 0 Å². The molecule has 0 saturated heterocycles. The predicted octanol–water partition coefficient (Wildman–Crippen LogP) is 3.17. The maximum atomic E-state index is 12.5. The van der Waals surface area contributed by atoms with E-state index in [4.69, 9.17) is 16.3 Å². The Kier molecular flexibility index (Phi) is 4.39. The lowest BCUT2D eigenvalue weighted by Gasteiger charge is -2.09. The fraction of sp³-hybridized carbons (Fsp3) is 0.250. The summed E-state index contributed by atoms with van der Waals surface area (Å²) < 4.78 is 42.7. The van der Waals surface area contributed by atoms with Crippen LogP contribution in [0, 0.1) is 0 Å². The third-order valence-corrected chi connectivity index (χ3v) is 2.47. The smallest absolute Gasteiger partial charge is 0.433 e. The van der Waals surface area contributed by atoms with Crippen LogP contribution in [-0.2, 0) is 12.6 Å². The van der Waals surface area contributed by atoms with Crippen molar-refractivity contribution in [2.75, 3.05) is 6.61 Å². The minimum absolute atomic E-state index is 0.141. The Bertz CT molecular complexity index is 578. The molecule has 0 N–H and O–H groups in total. The lowest BCUT2D eigenvalue weighted by Crippen LogP contribution is -2.11. The van der Waals surface area contributed by atoms with E-state index < -0.39 is 17.2 Å². The molecule has 20 heavy (non-hydrogen) atoms. The molecule has 0 saturated carbocycles. The highest BCUT2D eigenvalue weighted by Gasteiger charge is 2.33. The Balaban J connectivity index is 2.01. The van der Waals surface area contributed by atoms with Gasteiger partial charge >= 0.3 is 6.18 Å². The van der Waals surface area contributed by atoms with Crippen molar-refractivity contribution in [1.29, 1.82) is 0 Å². The number of rotatable bonds is 4. The van der Waals surface area contributed by atoms with Crippen molar-refractivity contribution in [1.82, 2.24) is 15.0 Å². The molecule has 0 aromatic carbocycles. The summed E-state index contributed by atoms with van der Waals surface area (Å²) in [5.41, 5.74) is -0.367. The largest absolute Gasteiger partial charge is 0.477 e. The van der Waals surface area contributed by atoms with Crippen LogP contribution in [0.5, 0.6) is 5.88 Å². The van der Waals surface area contributed by atoms with Gasteiger partial charge in [-0.25, -0.2) is 4.98 Å². The first kappa shape index (κ1) is 14.5. The first-order valence-electron chi connectivity index (χ1n) is 5.59. The molecular weight excluding hydrogens is 295 g/mol. The molecule has 0 fully saturated rings. The Hall–Kier alpha value is -1.89. The Labute approximate surface area is 117 Å². The molecule has 0 spiro atoms. The maximum absolute atomic E-state index is 12.5. The molecule has 0 radical (unpaired) electrons.